The number of thiophene rings is 1. The summed E-state index contributed by atoms with van der Waals surface area (Å²) in [6, 6.07) is 1.58. The summed E-state index contributed by atoms with van der Waals surface area (Å²) in [5.41, 5.74) is 0. The summed E-state index contributed by atoms with van der Waals surface area (Å²) in [5.74, 6) is 1.34. The Hall–Kier alpha value is -0.720. The second-order valence-corrected chi connectivity index (χ2v) is 7.28. The predicted octanol–water partition coefficient (Wildman–Crippen LogP) is 2.32. The molecule has 20 heavy (non-hydrogen) atoms. The lowest BCUT2D eigenvalue weighted by Crippen LogP contribution is -2.46. The van der Waals surface area contributed by atoms with Gasteiger partial charge in [0.2, 0.25) is 11.8 Å². The lowest BCUT2D eigenvalue weighted by atomic mass is 10.2. The minimum atomic E-state index is -0.311. The van der Waals surface area contributed by atoms with Crippen LogP contribution in [0.4, 0.5) is 0 Å². The van der Waals surface area contributed by atoms with Crippen LogP contribution in [0.2, 0.25) is 5.02 Å². The van der Waals surface area contributed by atoms with E-state index in [1.165, 1.54) is 0 Å². The van der Waals surface area contributed by atoms with Crippen LogP contribution < -0.4 is 0 Å². The number of hydrogen-bond acceptors (Lipinski definition) is 4. The Morgan fingerprint density at radius 3 is 2.85 bits per heavy atom. The van der Waals surface area contributed by atoms with Crippen LogP contribution >= 0.6 is 34.7 Å². The van der Waals surface area contributed by atoms with Gasteiger partial charge < -0.3 is 9.80 Å². The van der Waals surface area contributed by atoms with Crippen LogP contribution in [0.3, 0.4) is 0 Å². The molecule has 2 amide bonds. The Bertz CT molecular complexity index is 504. The van der Waals surface area contributed by atoms with E-state index < -0.39 is 0 Å². The van der Waals surface area contributed by atoms with E-state index in [0.717, 1.165) is 9.90 Å². The first-order valence-electron chi connectivity index (χ1n) is 6.30. The molecule has 1 saturated heterocycles. The Morgan fingerprint density at radius 2 is 2.25 bits per heavy atom. The number of likely N-dealkylation sites (N-methyl/N-ethyl adjacent to an activating group) is 1. The van der Waals surface area contributed by atoms with E-state index in [-0.39, 0.29) is 17.9 Å². The van der Waals surface area contributed by atoms with Gasteiger partial charge in [-0.05, 0) is 12.5 Å². The van der Waals surface area contributed by atoms with Crippen molar-refractivity contribution in [2.45, 2.75) is 18.9 Å². The molecule has 0 radical (unpaired) electrons. The van der Waals surface area contributed by atoms with Crippen LogP contribution in [0.5, 0.6) is 0 Å². The normalized spacial score (nSPS) is 18.4. The minimum absolute atomic E-state index is 0.00233. The molecule has 7 heteroatoms. The highest BCUT2D eigenvalue weighted by Gasteiger charge is 2.35. The van der Waals surface area contributed by atoms with Gasteiger partial charge in [-0.3, -0.25) is 9.59 Å². The molecular formula is C13H17ClN2O2S2. The van der Waals surface area contributed by atoms with Crippen molar-refractivity contribution in [2.24, 2.45) is 0 Å². The smallest absolute Gasteiger partial charge is 0.245 e. The molecule has 0 saturated carbocycles. The number of amides is 2. The van der Waals surface area contributed by atoms with E-state index in [4.69, 9.17) is 11.6 Å². The number of halogens is 1. The third kappa shape index (κ3) is 3.68. The molecule has 1 aliphatic heterocycles. The van der Waals surface area contributed by atoms with Gasteiger partial charge in [-0.25, -0.2) is 0 Å². The fourth-order valence-corrected chi connectivity index (χ4v) is 4.30. The third-order valence-electron chi connectivity index (χ3n) is 3.14. The number of thioether (sulfide) groups is 1. The molecule has 0 aromatic carbocycles. The SMILES string of the molecule is CN(C)C(=O)C1CSCN1C(=O)CCc1cc(Cl)cs1. The van der Waals surface area contributed by atoms with Crippen molar-refractivity contribution in [3.8, 4) is 0 Å². The largest absolute Gasteiger partial charge is 0.347 e. The number of hydrogen-bond donors (Lipinski definition) is 0. The number of carbonyl (C=O) groups is 2. The first kappa shape index (κ1) is 15.7. The first-order chi connectivity index (χ1) is 9.49. The predicted molar refractivity (Wildman–Crippen MR) is 84.3 cm³/mol. The summed E-state index contributed by atoms with van der Waals surface area (Å²) in [7, 11) is 3.45. The molecule has 4 nitrogen and oxygen atoms in total. The van der Waals surface area contributed by atoms with Crippen molar-refractivity contribution < 1.29 is 9.59 Å². The maximum atomic E-state index is 12.3. The van der Waals surface area contributed by atoms with Crippen molar-refractivity contribution >= 4 is 46.5 Å². The second kappa shape index (κ2) is 6.83. The van der Waals surface area contributed by atoms with Crippen molar-refractivity contribution in [3.05, 3.63) is 21.3 Å². The molecule has 110 valence electrons. The van der Waals surface area contributed by atoms with E-state index in [1.54, 1.807) is 47.0 Å². The van der Waals surface area contributed by atoms with E-state index in [0.29, 0.717) is 24.5 Å². The van der Waals surface area contributed by atoms with Crippen molar-refractivity contribution in [2.75, 3.05) is 25.7 Å². The molecular weight excluding hydrogens is 316 g/mol. The summed E-state index contributed by atoms with van der Waals surface area (Å²) < 4.78 is 0. The van der Waals surface area contributed by atoms with Gasteiger partial charge in [0, 0.05) is 36.5 Å². The Kier molecular flexibility index (Phi) is 5.35. The maximum absolute atomic E-state index is 12.3. The zero-order chi connectivity index (χ0) is 14.7. The summed E-state index contributed by atoms with van der Waals surface area (Å²) >= 11 is 9.06. The zero-order valence-corrected chi connectivity index (χ0v) is 13.9. The van der Waals surface area contributed by atoms with E-state index >= 15 is 0 Å². The number of nitrogens with zero attached hydrogens (tertiary/aromatic N) is 2. The second-order valence-electron chi connectivity index (χ2n) is 4.84. The highest BCUT2D eigenvalue weighted by atomic mass is 35.5. The lowest BCUT2D eigenvalue weighted by Gasteiger charge is -2.25. The summed E-state index contributed by atoms with van der Waals surface area (Å²) in [6.07, 6.45) is 1.11. The van der Waals surface area contributed by atoms with Gasteiger partial charge in [0.15, 0.2) is 0 Å². The van der Waals surface area contributed by atoms with Crippen molar-refractivity contribution in [3.63, 3.8) is 0 Å². The molecule has 1 aliphatic rings. The molecule has 1 aromatic heterocycles. The topological polar surface area (TPSA) is 40.6 Å². The summed E-state index contributed by atoms with van der Waals surface area (Å²) in [4.78, 5) is 28.7. The lowest BCUT2D eigenvalue weighted by molar-refractivity contribution is -0.141. The summed E-state index contributed by atoms with van der Waals surface area (Å²) in [6.45, 7) is 0. The monoisotopic (exact) mass is 332 g/mol. The van der Waals surface area contributed by atoms with E-state index in [1.807, 2.05) is 11.4 Å². The summed E-state index contributed by atoms with van der Waals surface area (Å²) in [5, 5.41) is 2.58. The quantitative estimate of drug-likeness (QED) is 0.849. The molecule has 1 fully saturated rings. The first-order valence-corrected chi connectivity index (χ1v) is 8.71. The molecule has 0 spiro atoms. The van der Waals surface area contributed by atoms with E-state index in [2.05, 4.69) is 0 Å². The van der Waals surface area contributed by atoms with E-state index in [9.17, 15) is 9.59 Å². The zero-order valence-electron chi connectivity index (χ0n) is 11.5. The van der Waals surface area contributed by atoms with Crippen LogP contribution in [0, 0.1) is 0 Å². The number of carbonyl (C=O) groups excluding carboxylic acids is 2. The Balaban J connectivity index is 1.92. The molecule has 0 bridgehead atoms. The van der Waals surface area contributed by atoms with Gasteiger partial charge in [-0.1, -0.05) is 11.6 Å². The van der Waals surface area contributed by atoms with Crippen LogP contribution in [0.25, 0.3) is 0 Å². The number of rotatable bonds is 4. The Morgan fingerprint density at radius 1 is 1.50 bits per heavy atom. The highest BCUT2D eigenvalue weighted by Crippen LogP contribution is 2.25. The Labute approximate surface area is 132 Å². The molecule has 1 atom stereocenters. The van der Waals surface area contributed by atoms with Crippen LogP contribution in [0.15, 0.2) is 11.4 Å². The van der Waals surface area contributed by atoms with Gasteiger partial charge in [-0.15, -0.1) is 23.1 Å². The average molecular weight is 333 g/mol. The molecule has 0 N–H and O–H groups in total. The number of aryl methyl sites for hydroxylation is 1. The van der Waals surface area contributed by atoms with Crippen molar-refractivity contribution in [1.82, 2.24) is 9.80 Å². The fraction of sp³-hybridized carbons (Fsp3) is 0.538. The van der Waals surface area contributed by atoms with Gasteiger partial charge >= 0.3 is 0 Å². The standard InChI is InChI=1S/C13H17ClN2O2S2/c1-15(2)13(18)11-7-19-8-16(11)12(17)4-3-10-5-9(14)6-20-10/h5-6,11H,3-4,7-8H2,1-2H3. The fourth-order valence-electron chi connectivity index (χ4n) is 2.05. The highest BCUT2D eigenvalue weighted by molar-refractivity contribution is 7.99. The molecule has 1 unspecified atom stereocenters. The van der Waals surface area contributed by atoms with Gasteiger partial charge in [-0.2, -0.15) is 0 Å². The molecule has 1 aromatic rings. The maximum Gasteiger partial charge on any atom is 0.245 e. The molecule has 2 rings (SSSR count). The average Bonchev–Trinajstić information content (AvgIpc) is 3.03. The minimum Gasteiger partial charge on any atom is -0.347 e. The van der Waals surface area contributed by atoms with Crippen LogP contribution in [-0.2, 0) is 16.0 Å². The van der Waals surface area contributed by atoms with Crippen molar-refractivity contribution in [1.29, 1.82) is 0 Å². The van der Waals surface area contributed by atoms with Crippen LogP contribution in [-0.4, -0.2) is 53.4 Å². The van der Waals surface area contributed by atoms with Crippen LogP contribution in [0.1, 0.15) is 11.3 Å². The van der Waals surface area contributed by atoms with Gasteiger partial charge in [0.25, 0.3) is 0 Å². The molecule has 2 heterocycles. The third-order valence-corrected chi connectivity index (χ3v) is 5.49. The van der Waals surface area contributed by atoms with Gasteiger partial charge in [0.1, 0.15) is 6.04 Å². The van der Waals surface area contributed by atoms with Gasteiger partial charge in [0.05, 0.1) is 10.9 Å². The molecule has 0 aliphatic carbocycles.